The van der Waals surface area contributed by atoms with Crippen LogP contribution in [0.15, 0.2) is 0 Å². The summed E-state index contributed by atoms with van der Waals surface area (Å²) < 4.78 is 0. The van der Waals surface area contributed by atoms with E-state index < -0.39 is 10.2 Å². The summed E-state index contributed by atoms with van der Waals surface area (Å²) in [6.45, 7) is 0. The van der Waals surface area contributed by atoms with Gasteiger partial charge in [0.1, 0.15) is 0 Å². The molecule has 0 rings (SSSR count). The van der Waals surface area contributed by atoms with Gasteiger partial charge in [-0.15, -0.1) is 20.2 Å². The second kappa shape index (κ2) is 79.0. The van der Waals surface area contributed by atoms with E-state index in [-0.39, 0.29) is 49.9 Å². The number of rotatable bonds is 0. The predicted octanol–water partition coefficient (Wildman–Crippen LogP) is -5.65. The molecule has 0 atom stereocenters. The Balaban J connectivity index is -0.00000000468. The second-order valence-electron chi connectivity index (χ2n) is 0.476. The molecule has 0 bridgehead atoms. The van der Waals surface area contributed by atoms with Crippen LogP contribution in [0.2, 0.25) is 0 Å². The standard InChI is InChI=1S/Mn.2HNO3.6H2O/c;2*2-1(3)4;;;;;;/h;2*(H,2,3,4);6*1H2. The van der Waals surface area contributed by atoms with Gasteiger partial charge in [-0.2, -0.15) is 0 Å². The molecule has 0 aliphatic heterocycles. The Labute approximate surface area is 91.7 Å². The molecule has 0 fully saturated rings. The zero-order valence-electron chi connectivity index (χ0n) is 6.80. The zero-order chi connectivity index (χ0) is 7.15. The Bertz CT molecular complexity index is 71.6. The fourth-order valence-electron chi connectivity index (χ4n) is 0. The van der Waals surface area contributed by atoms with Gasteiger partial charge in [0.05, 0.1) is 0 Å². The first-order chi connectivity index (χ1) is 3.46. The molecule has 15 heavy (non-hydrogen) atoms. The molecule has 14 N–H and O–H groups in total. The van der Waals surface area contributed by atoms with E-state index in [0.717, 1.165) is 0 Å². The molecule has 0 saturated carbocycles. The van der Waals surface area contributed by atoms with E-state index in [9.17, 15) is 0 Å². The van der Waals surface area contributed by atoms with E-state index in [4.69, 9.17) is 30.6 Å². The summed E-state index contributed by atoms with van der Waals surface area (Å²) in [7, 11) is 0. The molecule has 1 radical (unpaired) electrons. The van der Waals surface area contributed by atoms with Gasteiger partial charge in [0.25, 0.3) is 10.2 Å². The summed E-state index contributed by atoms with van der Waals surface area (Å²) >= 11 is 0. The van der Waals surface area contributed by atoms with Gasteiger partial charge in [0.2, 0.25) is 0 Å². The summed E-state index contributed by atoms with van der Waals surface area (Å²) in [6, 6.07) is 0. The molecule has 0 aromatic heterocycles. The van der Waals surface area contributed by atoms with Crippen LogP contribution in [0, 0.1) is 20.2 Å². The van der Waals surface area contributed by atoms with Crippen LogP contribution in [-0.4, -0.2) is 53.4 Å². The molecule has 0 amide bonds. The van der Waals surface area contributed by atoms with E-state index in [1.54, 1.807) is 0 Å². The summed E-state index contributed by atoms with van der Waals surface area (Å²) in [5, 5.41) is 27.3. The second-order valence-corrected chi connectivity index (χ2v) is 0.476. The topological polar surface area (TPSA) is 316 Å². The van der Waals surface area contributed by atoms with Gasteiger partial charge >= 0.3 is 0 Å². The van der Waals surface area contributed by atoms with E-state index in [1.807, 2.05) is 0 Å². The van der Waals surface area contributed by atoms with Gasteiger partial charge in [0.15, 0.2) is 0 Å². The molecule has 0 aromatic rings. The summed E-state index contributed by atoms with van der Waals surface area (Å²) in [4.78, 5) is 16.7. The van der Waals surface area contributed by atoms with Gasteiger partial charge in [-0.05, 0) is 0 Å². The molecule has 0 unspecified atom stereocenters. The van der Waals surface area contributed by atoms with Crippen molar-refractivity contribution in [3.8, 4) is 0 Å². The van der Waals surface area contributed by atoms with Gasteiger partial charge < -0.3 is 43.3 Å². The smallest absolute Gasteiger partial charge is 0.291 e. The largest absolute Gasteiger partial charge is 0.412 e. The van der Waals surface area contributed by atoms with Gasteiger partial charge in [-0.3, -0.25) is 0 Å². The molecule has 103 valence electrons. The van der Waals surface area contributed by atoms with Crippen LogP contribution in [0.4, 0.5) is 0 Å². The molecule has 15 heteroatoms. The van der Waals surface area contributed by atoms with E-state index >= 15 is 0 Å². The molecule has 0 spiro atoms. The quantitative estimate of drug-likeness (QED) is 0.248. The number of hydrogen-bond acceptors (Lipinski definition) is 4. The van der Waals surface area contributed by atoms with E-state index in [0.29, 0.717) is 0 Å². The van der Waals surface area contributed by atoms with Crippen molar-refractivity contribution in [3.05, 3.63) is 20.2 Å². The van der Waals surface area contributed by atoms with Crippen molar-refractivity contribution in [3.63, 3.8) is 0 Å². The number of nitrogens with zero attached hydrogens (tertiary/aromatic N) is 2. The first-order valence-corrected chi connectivity index (χ1v) is 1.13. The van der Waals surface area contributed by atoms with Crippen molar-refractivity contribution in [1.29, 1.82) is 0 Å². The van der Waals surface area contributed by atoms with Crippen LogP contribution in [0.3, 0.4) is 0 Å². The van der Waals surface area contributed by atoms with Crippen molar-refractivity contribution >= 4 is 0 Å². The Hall–Kier alpha value is -1.32. The summed E-state index contributed by atoms with van der Waals surface area (Å²) in [5.41, 5.74) is 0. The third-order valence-corrected chi connectivity index (χ3v) is 0. The van der Waals surface area contributed by atoms with Crippen LogP contribution in [0.5, 0.6) is 0 Å². The number of hydrogen-bond donors (Lipinski definition) is 2. The molecule has 14 nitrogen and oxygen atoms in total. The fraction of sp³-hybridized carbons (Fsp3) is 0. The molecule has 0 aliphatic rings. The predicted molar refractivity (Wildman–Crippen MR) is 39.2 cm³/mol. The molecular formula is H14MnN2O12. The minimum atomic E-state index is -1.50. The molecule has 0 saturated heterocycles. The van der Waals surface area contributed by atoms with Crippen LogP contribution in [0.1, 0.15) is 0 Å². The van der Waals surface area contributed by atoms with Crippen LogP contribution < -0.4 is 0 Å². The van der Waals surface area contributed by atoms with Crippen molar-refractivity contribution in [2.45, 2.75) is 0 Å². The average Bonchev–Trinajstić information content (AvgIpc) is 1.25. The normalized spacial score (nSPS) is 3.20. The van der Waals surface area contributed by atoms with Gasteiger partial charge in [-0.1, -0.05) is 0 Å². The first-order valence-electron chi connectivity index (χ1n) is 1.13. The van der Waals surface area contributed by atoms with Crippen LogP contribution in [-0.2, 0) is 17.1 Å². The van der Waals surface area contributed by atoms with Crippen molar-refractivity contribution in [1.82, 2.24) is 0 Å². The molecule has 0 aliphatic carbocycles. The average molecular weight is 289 g/mol. The Morgan fingerprint density at radius 2 is 0.667 bits per heavy atom. The SMILES string of the molecule is O.O.O.O.O.O.O=[N+]([O-])O.O=[N+]([O-])O.[Mn]. The fourth-order valence-corrected chi connectivity index (χ4v) is 0. The van der Waals surface area contributed by atoms with Crippen LogP contribution in [0.25, 0.3) is 0 Å². The zero-order valence-corrected chi connectivity index (χ0v) is 7.98. The maximum absolute atomic E-state index is 8.36. The Morgan fingerprint density at radius 1 is 0.667 bits per heavy atom. The van der Waals surface area contributed by atoms with Crippen molar-refractivity contribution in [2.24, 2.45) is 0 Å². The molecule has 0 heterocycles. The van der Waals surface area contributed by atoms with E-state index in [1.165, 1.54) is 0 Å². The summed E-state index contributed by atoms with van der Waals surface area (Å²) in [6.07, 6.45) is 0. The Morgan fingerprint density at radius 3 is 0.667 bits per heavy atom. The van der Waals surface area contributed by atoms with Crippen molar-refractivity contribution in [2.75, 3.05) is 0 Å². The minimum absolute atomic E-state index is 0. The monoisotopic (exact) mass is 289 g/mol. The summed E-state index contributed by atoms with van der Waals surface area (Å²) in [5.74, 6) is 0. The third kappa shape index (κ3) is 829. The van der Waals surface area contributed by atoms with Crippen LogP contribution >= 0.6 is 0 Å². The minimum Gasteiger partial charge on any atom is -0.412 e. The van der Waals surface area contributed by atoms with Gasteiger partial charge in [0, 0.05) is 17.1 Å². The first kappa shape index (κ1) is 100. The van der Waals surface area contributed by atoms with Gasteiger partial charge in [-0.25, -0.2) is 0 Å². The van der Waals surface area contributed by atoms with E-state index in [2.05, 4.69) is 0 Å². The maximum atomic E-state index is 8.36. The third-order valence-electron chi connectivity index (χ3n) is 0. The maximum Gasteiger partial charge on any atom is 0.291 e. The Kier molecular flexibility index (Phi) is 529. The molecular weight excluding hydrogens is 275 g/mol. The molecule has 0 aromatic carbocycles. The van der Waals surface area contributed by atoms with Crippen molar-refractivity contribution < 1.29 is 70.5 Å².